The molecule has 0 fully saturated rings. The third kappa shape index (κ3) is 3.90. The number of carboxylic acid groups (broad SMARTS) is 1. The molecule has 4 nitrogen and oxygen atoms in total. The molecule has 1 rings (SSSR count). The van der Waals surface area contributed by atoms with Gasteiger partial charge in [0.15, 0.2) is 0 Å². The van der Waals surface area contributed by atoms with Gasteiger partial charge in [-0.1, -0.05) is 29.4 Å². The van der Waals surface area contributed by atoms with Gasteiger partial charge in [-0.3, -0.25) is 4.79 Å². The molecule has 1 aromatic rings. The molecule has 0 aliphatic heterocycles. The predicted molar refractivity (Wildman–Crippen MR) is 62.0 cm³/mol. The molecular formula is C11H12ClNO3. The van der Waals surface area contributed by atoms with Crippen molar-refractivity contribution >= 4 is 23.8 Å². The van der Waals surface area contributed by atoms with Gasteiger partial charge in [0.25, 0.3) is 0 Å². The molecule has 0 saturated carbocycles. The summed E-state index contributed by atoms with van der Waals surface area (Å²) in [4.78, 5) is 15.1. The second-order valence-electron chi connectivity index (χ2n) is 3.17. The van der Waals surface area contributed by atoms with E-state index in [1.165, 1.54) is 7.11 Å². The second kappa shape index (κ2) is 6.12. The summed E-state index contributed by atoms with van der Waals surface area (Å²) in [6.07, 6.45) is 1.87. The molecule has 1 aromatic carbocycles. The summed E-state index contributed by atoms with van der Waals surface area (Å²) in [5.74, 6) is -1.01. The lowest BCUT2D eigenvalue weighted by atomic mass is 10.1. The summed E-state index contributed by atoms with van der Waals surface area (Å²) in [7, 11) is 1.47. The van der Waals surface area contributed by atoms with Crippen molar-refractivity contribution in [3.05, 3.63) is 35.4 Å². The zero-order valence-corrected chi connectivity index (χ0v) is 9.52. The summed E-state index contributed by atoms with van der Waals surface area (Å²) in [5, 5.41) is 11.4. The van der Waals surface area contributed by atoms with Crippen molar-refractivity contribution in [2.24, 2.45) is 5.16 Å². The van der Waals surface area contributed by atoms with Crippen molar-refractivity contribution in [1.29, 1.82) is 0 Å². The van der Waals surface area contributed by atoms with Crippen LogP contribution in [0, 0.1) is 0 Å². The number of rotatable bonds is 5. The molecule has 5 heteroatoms. The number of hydrogen-bond acceptors (Lipinski definition) is 3. The molecule has 0 spiro atoms. The summed E-state index contributed by atoms with van der Waals surface area (Å²) in [5.41, 5.74) is 1.75. The van der Waals surface area contributed by atoms with Crippen LogP contribution in [0.3, 0.4) is 0 Å². The fourth-order valence-corrected chi connectivity index (χ4v) is 1.33. The normalized spacial score (nSPS) is 12.6. The Morgan fingerprint density at radius 1 is 1.56 bits per heavy atom. The number of aliphatic carboxylic acids is 1. The predicted octanol–water partition coefficient (Wildman–Crippen LogP) is 1.90. The summed E-state index contributed by atoms with van der Waals surface area (Å²) < 4.78 is 0. The molecule has 0 heterocycles. The first-order valence-electron chi connectivity index (χ1n) is 4.66. The standard InChI is InChI=1S/C11H12ClNO3/c1-16-13-7-9-4-2-8(3-5-9)6-10(12)11(14)15/h2-5,7,10H,6H2,1H3,(H,14,15)/b13-7+. The van der Waals surface area contributed by atoms with Crippen LogP contribution in [0.5, 0.6) is 0 Å². The first kappa shape index (κ1) is 12.5. The first-order chi connectivity index (χ1) is 7.63. The molecule has 0 aromatic heterocycles. The Hall–Kier alpha value is -1.55. The molecule has 0 saturated heterocycles. The number of alkyl halides is 1. The van der Waals surface area contributed by atoms with Gasteiger partial charge in [-0.25, -0.2) is 0 Å². The molecule has 0 bridgehead atoms. The van der Waals surface area contributed by atoms with E-state index in [0.717, 1.165) is 11.1 Å². The highest BCUT2D eigenvalue weighted by atomic mass is 35.5. The van der Waals surface area contributed by atoms with Gasteiger partial charge in [-0.2, -0.15) is 0 Å². The fourth-order valence-electron chi connectivity index (χ4n) is 1.15. The molecule has 16 heavy (non-hydrogen) atoms. The Bertz CT molecular complexity index is 375. The molecule has 0 aliphatic carbocycles. The van der Waals surface area contributed by atoms with Gasteiger partial charge >= 0.3 is 5.97 Å². The van der Waals surface area contributed by atoms with Crippen LogP contribution >= 0.6 is 11.6 Å². The molecule has 1 N–H and O–H groups in total. The number of benzene rings is 1. The largest absolute Gasteiger partial charge is 0.480 e. The topological polar surface area (TPSA) is 58.9 Å². The average molecular weight is 242 g/mol. The lowest BCUT2D eigenvalue weighted by Crippen LogP contribution is -2.15. The maximum absolute atomic E-state index is 10.5. The van der Waals surface area contributed by atoms with Crippen molar-refractivity contribution in [1.82, 2.24) is 0 Å². The Balaban J connectivity index is 2.64. The smallest absolute Gasteiger partial charge is 0.321 e. The van der Waals surface area contributed by atoms with Crippen molar-refractivity contribution in [3.8, 4) is 0 Å². The van der Waals surface area contributed by atoms with Crippen LogP contribution in [0.1, 0.15) is 11.1 Å². The molecule has 1 unspecified atom stereocenters. The number of nitrogens with zero attached hydrogens (tertiary/aromatic N) is 1. The maximum Gasteiger partial charge on any atom is 0.321 e. The third-order valence-corrected chi connectivity index (χ3v) is 2.31. The van der Waals surface area contributed by atoms with E-state index in [-0.39, 0.29) is 0 Å². The van der Waals surface area contributed by atoms with Crippen molar-refractivity contribution in [2.75, 3.05) is 7.11 Å². The van der Waals surface area contributed by atoms with Gasteiger partial charge < -0.3 is 9.94 Å². The zero-order chi connectivity index (χ0) is 12.0. The van der Waals surface area contributed by atoms with Crippen LogP contribution < -0.4 is 0 Å². The second-order valence-corrected chi connectivity index (χ2v) is 3.70. The maximum atomic E-state index is 10.5. The van der Waals surface area contributed by atoms with Crippen LogP contribution in [0.25, 0.3) is 0 Å². The number of carbonyl (C=O) groups is 1. The van der Waals surface area contributed by atoms with Crippen LogP contribution in [0.15, 0.2) is 29.4 Å². The summed E-state index contributed by atoms with van der Waals surface area (Å²) in [6.45, 7) is 0. The number of carboxylic acids is 1. The molecular weight excluding hydrogens is 230 g/mol. The van der Waals surface area contributed by atoms with Crippen molar-refractivity contribution in [3.63, 3.8) is 0 Å². The van der Waals surface area contributed by atoms with E-state index in [2.05, 4.69) is 9.99 Å². The van der Waals surface area contributed by atoms with Gasteiger partial charge in [0.05, 0.1) is 6.21 Å². The molecule has 86 valence electrons. The van der Waals surface area contributed by atoms with E-state index in [0.29, 0.717) is 6.42 Å². The summed E-state index contributed by atoms with van der Waals surface area (Å²) >= 11 is 5.63. The van der Waals surface area contributed by atoms with E-state index in [1.807, 2.05) is 24.3 Å². The van der Waals surface area contributed by atoms with Crippen molar-refractivity contribution < 1.29 is 14.7 Å². The van der Waals surface area contributed by atoms with Crippen LogP contribution in [-0.4, -0.2) is 29.8 Å². The highest BCUT2D eigenvalue weighted by Crippen LogP contribution is 2.09. The molecule has 1 atom stereocenters. The highest BCUT2D eigenvalue weighted by Gasteiger charge is 2.13. The molecule has 0 aliphatic rings. The minimum atomic E-state index is -1.01. The number of hydrogen-bond donors (Lipinski definition) is 1. The minimum Gasteiger partial charge on any atom is -0.480 e. The lowest BCUT2D eigenvalue weighted by Gasteiger charge is -2.04. The Morgan fingerprint density at radius 2 is 2.19 bits per heavy atom. The molecule has 0 radical (unpaired) electrons. The number of oxime groups is 1. The minimum absolute atomic E-state index is 0.304. The zero-order valence-electron chi connectivity index (χ0n) is 8.76. The van der Waals surface area contributed by atoms with E-state index >= 15 is 0 Å². The van der Waals surface area contributed by atoms with Gasteiger partial charge in [0, 0.05) is 0 Å². The Morgan fingerprint density at radius 3 is 2.69 bits per heavy atom. The van der Waals surface area contributed by atoms with Crippen LogP contribution in [0.4, 0.5) is 0 Å². The SMILES string of the molecule is CO/N=C/c1ccc(CC(Cl)C(=O)O)cc1. The lowest BCUT2D eigenvalue weighted by molar-refractivity contribution is -0.136. The van der Waals surface area contributed by atoms with E-state index in [4.69, 9.17) is 16.7 Å². The Labute approximate surface area is 98.5 Å². The van der Waals surface area contributed by atoms with Gasteiger partial charge in [0.2, 0.25) is 0 Å². The van der Waals surface area contributed by atoms with Crippen LogP contribution in [-0.2, 0) is 16.1 Å². The van der Waals surface area contributed by atoms with Crippen LogP contribution in [0.2, 0.25) is 0 Å². The fraction of sp³-hybridized carbons (Fsp3) is 0.273. The van der Waals surface area contributed by atoms with Gasteiger partial charge in [-0.05, 0) is 17.5 Å². The highest BCUT2D eigenvalue weighted by molar-refractivity contribution is 6.29. The summed E-state index contributed by atoms with van der Waals surface area (Å²) in [6, 6.07) is 7.28. The van der Waals surface area contributed by atoms with Gasteiger partial charge in [0.1, 0.15) is 12.5 Å². The number of halogens is 1. The average Bonchev–Trinajstić information content (AvgIpc) is 2.28. The van der Waals surface area contributed by atoms with E-state index < -0.39 is 11.3 Å². The van der Waals surface area contributed by atoms with Gasteiger partial charge in [-0.15, -0.1) is 11.6 Å². The third-order valence-electron chi connectivity index (χ3n) is 1.97. The Kier molecular flexibility index (Phi) is 4.79. The molecule has 0 amide bonds. The first-order valence-corrected chi connectivity index (χ1v) is 5.09. The quantitative estimate of drug-likeness (QED) is 0.487. The van der Waals surface area contributed by atoms with Crippen molar-refractivity contribution in [2.45, 2.75) is 11.8 Å². The van der Waals surface area contributed by atoms with E-state index in [1.54, 1.807) is 6.21 Å². The van der Waals surface area contributed by atoms with E-state index in [9.17, 15) is 4.79 Å². The monoisotopic (exact) mass is 241 g/mol.